The van der Waals surface area contributed by atoms with E-state index < -0.39 is 0 Å². The highest BCUT2D eigenvalue weighted by Crippen LogP contribution is 2.21. The van der Waals surface area contributed by atoms with Crippen LogP contribution in [0, 0.1) is 5.82 Å². The van der Waals surface area contributed by atoms with E-state index in [4.69, 9.17) is 0 Å². The van der Waals surface area contributed by atoms with Gasteiger partial charge in [0.1, 0.15) is 5.82 Å². The van der Waals surface area contributed by atoms with Crippen molar-refractivity contribution < 1.29 is 4.39 Å². The van der Waals surface area contributed by atoms with Gasteiger partial charge in [0.15, 0.2) is 5.82 Å². The van der Waals surface area contributed by atoms with Crippen molar-refractivity contribution >= 4 is 0 Å². The summed E-state index contributed by atoms with van der Waals surface area (Å²) in [6.45, 7) is 3.56. The van der Waals surface area contributed by atoms with Crippen molar-refractivity contribution in [2.45, 2.75) is 19.3 Å². The van der Waals surface area contributed by atoms with Gasteiger partial charge in [-0.15, -0.1) is 10.2 Å². The second kappa shape index (κ2) is 6.38. The van der Waals surface area contributed by atoms with Gasteiger partial charge in [-0.2, -0.15) is 4.80 Å². The number of nitrogens with zero attached hydrogens (tertiary/aromatic N) is 4. The highest BCUT2D eigenvalue weighted by molar-refractivity contribution is 5.23. The monoisotopic (exact) mass is 263 g/mol. The van der Waals surface area contributed by atoms with Crippen LogP contribution < -0.4 is 5.32 Å². The standard InChI is InChI=1S/C13H18FN5/c1-3-15-9-10(8-13-16-18-19(2)17-13)11-6-4-5-7-12(11)14/h4-7,10,15H,3,8-9H2,1-2H3. The van der Waals surface area contributed by atoms with Crippen LogP contribution in [0.5, 0.6) is 0 Å². The lowest BCUT2D eigenvalue weighted by Crippen LogP contribution is -2.23. The molecule has 2 rings (SSSR count). The molecular formula is C13H18FN5. The number of nitrogens with one attached hydrogen (secondary N) is 1. The molecule has 0 bridgehead atoms. The molecule has 0 saturated carbocycles. The predicted octanol–water partition coefficient (Wildman–Crippen LogP) is 1.28. The van der Waals surface area contributed by atoms with E-state index in [2.05, 4.69) is 20.7 Å². The second-order valence-electron chi connectivity index (χ2n) is 4.43. The fourth-order valence-corrected chi connectivity index (χ4v) is 2.04. The minimum absolute atomic E-state index is 0.00495. The van der Waals surface area contributed by atoms with Gasteiger partial charge >= 0.3 is 0 Å². The zero-order valence-corrected chi connectivity index (χ0v) is 11.2. The summed E-state index contributed by atoms with van der Waals surface area (Å²) >= 11 is 0. The molecule has 0 aliphatic heterocycles. The van der Waals surface area contributed by atoms with Gasteiger partial charge in [-0.3, -0.25) is 0 Å². The Labute approximate surface area is 111 Å². The third-order valence-corrected chi connectivity index (χ3v) is 2.96. The molecular weight excluding hydrogens is 245 g/mol. The molecule has 19 heavy (non-hydrogen) atoms. The molecule has 0 amide bonds. The first kappa shape index (κ1) is 13.6. The summed E-state index contributed by atoms with van der Waals surface area (Å²) in [5.41, 5.74) is 0.691. The third-order valence-electron chi connectivity index (χ3n) is 2.96. The minimum Gasteiger partial charge on any atom is -0.316 e. The van der Waals surface area contributed by atoms with Gasteiger partial charge in [0, 0.05) is 18.9 Å². The lowest BCUT2D eigenvalue weighted by molar-refractivity contribution is 0.536. The van der Waals surface area contributed by atoms with E-state index in [0.29, 0.717) is 24.4 Å². The van der Waals surface area contributed by atoms with Crippen LogP contribution in [0.3, 0.4) is 0 Å². The van der Waals surface area contributed by atoms with Crippen molar-refractivity contribution in [3.05, 3.63) is 41.5 Å². The minimum atomic E-state index is -0.186. The van der Waals surface area contributed by atoms with E-state index in [1.165, 1.54) is 10.9 Å². The van der Waals surface area contributed by atoms with E-state index in [9.17, 15) is 4.39 Å². The zero-order chi connectivity index (χ0) is 13.7. The van der Waals surface area contributed by atoms with Crippen molar-refractivity contribution in [1.29, 1.82) is 0 Å². The number of likely N-dealkylation sites (N-methyl/N-ethyl adjacent to an activating group) is 1. The van der Waals surface area contributed by atoms with Crippen molar-refractivity contribution in [3.8, 4) is 0 Å². The quantitative estimate of drug-likeness (QED) is 0.853. The first-order valence-electron chi connectivity index (χ1n) is 6.38. The van der Waals surface area contributed by atoms with E-state index in [1.54, 1.807) is 13.1 Å². The average molecular weight is 263 g/mol. The first-order chi connectivity index (χ1) is 9.20. The number of tetrazole rings is 1. The Morgan fingerprint density at radius 3 is 2.79 bits per heavy atom. The van der Waals surface area contributed by atoms with Crippen molar-refractivity contribution in [2.24, 2.45) is 7.05 Å². The molecule has 1 aromatic heterocycles. The van der Waals surface area contributed by atoms with E-state index >= 15 is 0 Å². The number of hydrogen-bond acceptors (Lipinski definition) is 4. The average Bonchev–Trinajstić information content (AvgIpc) is 2.81. The molecule has 5 nitrogen and oxygen atoms in total. The SMILES string of the molecule is CCNCC(Cc1nnn(C)n1)c1ccccc1F. The van der Waals surface area contributed by atoms with E-state index in [1.807, 2.05) is 19.1 Å². The van der Waals surface area contributed by atoms with Crippen LogP contribution in [-0.2, 0) is 13.5 Å². The normalized spacial score (nSPS) is 12.6. The molecule has 0 saturated heterocycles. The van der Waals surface area contributed by atoms with Crippen LogP contribution in [0.25, 0.3) is 0 Å². The van der Waals surface area contributed by atoms with Gasteiger partial charge in [-0.05, 0) is 23.4 Å². The van der Waals surface area contributed by atoms with Crippen LogP contribution in [0.4, 0.5) is 4.39 Å². The van der Waals surface area contributed by atoms with E-state index in [-0.39, 0.29) is 11.7 Å². The highest BCUT2D eigenvalue weighted by atomic mass is 19.1. The number of hydrogen-bond donors (Lipinski definition) is 1. The molecule has 1 aromatic carbocycles. The summed E-state index contributed by atoms with van der Waals surface area (Å²) < 4.78 is 13.9. The Hall–Kier alpha value is -1.82. The Morgan fingerprint density at radius 1 is 1.37 bits per heavy atom. The molecule has 0 spiro atoms. The predicted molar refractivity (Wildman–Crippen MR) is 70.2 cm³/mol. The Bertz CT molecular complexity index is 525. The topological polar surface area (TPSA) is 55.6 Å². The highest BCUT2D eigenvalue weighted by Gasteiger charge is 2.18. The molecule has 0 fully saturated rings. The Kier molecular flexibility index (Phi) is 4.57. The third kappa shape index (κ3) is 3.57. The summed E-state index contributed by atoms with van der Waals surface area (Å²) in [6.07, 6.45) is 0.571. The van der Waals surface area contributed by atoms with Crippen molar-refractivity contribution in [3.63, 3.8) is 0 Å². The molecule has 102 valence electrons. The van der Waals surface area contributed by atoms with Crippen molar-refractivity contribution in [1.82, 2.24) is 25.5 Å². The lowest BCUT2D eigenvalue weighted by Gasteiger charge is -2.16. The fraction of sp³-hybridized carbons (Fsp3) is 0.462. The Morgan fingerprint density at radius 2 is 2.16 bits per heavy atom. The lowest BCUT2D eigenvalue weighted by atomic mass is 9.95. The van der Waals surface area contributed by atoms with Crippen LogP contribution in [0.2, 0.25) is 0 Å². The number of halogens is 1. The van der Waals surface area contributed by atoms with Crippen LogP contribution >= 0.6 is 0 Å². The summed E-state index contributed by atoms with van der Waals surface area (Å²) in [5.74, 6) is 0.452. The molecule has 0 aliphatic rings. The molecule has 1 atom stereocenters. The van der Waals surface area contributed by atoms with Gasteiger partial charge in [-0.25, -0.2) is 4.39 Å². The Balaban J connectivity index is 2.18. The molecule has 2 aromatic rings. The summed E-state index contributed by atoms with van der Waals surface area (Å²) in [7, 11) is 1.72. The van der Waals surface area contributed by atoms with Gasteiger partial charge in [0.05, 0.1) is 7.05 Å². The summed E-state index contributed by atoms with van der Waals surface area (Å²) in [4.78, 5) is 1.42. The zero-order valence-electron chi connectivity index (χ0n) is 11.2. The van der Waals surface area contributed by atoms with Gasteiger partial charge in [-0.1, -0.05) is 25.1 Å². The fourth-order valence-electron chi connectivity index (χ4n) is 2.04. The van der Waals surface area contributed by atoms with Gasteiger partial charge in [0.25, 0.3) is 0 Å². The van der Waals surface area contributed by atoms with Crippen LogP contribution in [0.15, 0.2) is 24.3 Å². The van der Waals surface area contributed by atoms with Gasteiger partial charge < -0.3 is 5.32 Å². The van der Waals surface area contributed by atoms with Crippen LogP contribution in [0.1, 0.15) is 24.2 Å². The second-order valence-corrected chi connectivity index (χ2v) is 4.43. The smallest absolute Gasteiger partial charge is 0.175 e. The maximum atomic E-state index is 13.9. The molecule has 1 heterocycles. The molecule has 0 radical (unpaired) electrons. The summed E-state index contributed by atoms with van der Waals surface area (Å²) in [6, 6.07) is 6.84. The maximum Gasteiger partial charge on any atom is 0.175 e. The van der Waals surface area contributed by atoms with Gasteiger partial charge in [0.2, 0.25) is 0 Å². The number of benzene rings is 1. The number of aromatic nitrogens is 4. The first-order valence-corrected chi connectivity index (χ1v) is 6.38. The van der Waals surface area contributed by atoms with Crippen LogP contribution in [-0.4, -0.2) is 33.3 Å². The molecule has 1 N–H and O–H groups in total. The maximum absolute atomic E-state index is 13.9. The largest absolute Gasteiger partial charge is 0.316 e. The van der Waals surface area contributed by atoms with Crippen molar-refractivity contribution in [2.75, 3.05) is 13.1 Å². The molecule has 6 heteroatoms. The number of rotatable bonds is 6. The molecule has 0 aliphatic carbocycles. The number of aryl methyl sites for hydroxylation is 1. The summed E-state index contributed by atoms with van der Waals surface area (Å²) in [5, 5.41) is 15.2. The van der Waals surface area contributed by atoms with E-state index in [0.717, 1.165) is 6.54 Å². The molecule has 1 unspecified atom stereocenters.